The van der Waals surface area contributed by atoms with Crippen LogP contribution in [0.2, 0.25) is 0 Å². The highest BCUT2D eigenvalue weighted by molar-refractivity contribution is 6.07. The lowest BCUT2D eigenvalue weighted by atomic mass is 9.81. The molecule has 276 valence electrons. The molecule has 0 amide bonds. The van der Waals surface area contributed by atoms with Crippen LogP contribution in [0.4, 0.5) is 0 Å². The molecular weight excluding hydrogens is 705 g/mol. The first kappa shape index (κ1) is 33.2. The van der Waals surface area contributed by atoms with E-state index in [2.05, 4.69) is 188 Å². The van der Waals surface area contributed by atoms with Gasteiger partial charge >= 0.3 is 0 Å². The van der Waals surface area contributed by atoms with E-state index in [1.165, 1.54) is 55.5 Å². The molecular formula is C55H40N2O. The van der Waals surface area contributed by atoms with Gasteiger partial charge in [-0.05, 0) is 111 Å². The van der Waals surface area contributed by atoms with Crippen LogP contribution in [-0.4, -0.2) is 9.55 Å². The number of benzene rings is 8. The standard InChI is InChI=1S/C55H40N2O/c1-55(2)48-20-9-8-17-42(48)47-33-46-37(31-49(47)55)28-29-41(39-15-6-7-16-40(39)46)44-18-12-19-45-43-30-27-36(32-52(43)58-53(44)45)34-23-25-35(26-24-34)54-56-50-21-10-11-22-51(50)57(54)38-13-4-3-5-14-38/h3-27,30-33,41H,28-29H2,1-2H3. The van der Waals surface area contributed by atoms with Gasteiger partial charge < -0.3 is 4.42 Å². The van der Waals surface area contributed by atoms with Gasteiger partial charge in [-0.2, -0.15) is 0 Å². The third-order valence-corrected chi connectivity index (χ3v) is 13.1. The van der Waals surface area contributed by atoms with Crippen molar-refractivity contribution in [1.82, 2.24) is 9.55 Å². The minimum Gasteiger partial charge on any atom is -0.456 e. The summed E-state index contributed by atoms with van der Waals surface area (Å²) in [4.78, 5) is 5.08. The Bertz CT molecular complexity index is 3250. The number of rotatable bonds is 4. The molecule has 1 atom stereocenters. The second-order valence-corrected chi connectivity index (χ2v) is 16.6. The molecule has 0 fully saturated rings. The summed E-state index contributed by atoms with van der Waals surface area (Å²) in [6, 6.07) is 64.1. The van der Waals surface area contributed by atoms with Crippen LogP contribution in [0.25, 0.3) is 83.4 Å². The van der Waals surface area contributed by atoms with Crippen molar-refractivity contribution < 1.29 is 4.42 Å². The summed E-state index contributed by atoms with van der Waals surface area (Å²) in [6.07, 6.45) is 2.02. The average molecular weight is 745 g/mol. The molecule has 2 aromatic heterocycles. The van der Waals surface area contributed by atoms with E-state index >= 15 is 0 Å². The minimum absolute atomic E-state index is 0.0200. The number of hydrogen-bond donors (Lipinski definition) is 0. The highest BCUT2D eigenvalue weighted by Gasteiger charge is 2.37. The zero-order chi connectivity index (χ0) is 38.5. The molecule has 0 saturated heterocycles. The third-order valence-electron chi connectivity index (χ3n) is 13.1. The van der Waals surface area contributed by atoms with Gasteiger partial charge in [-0.3, -0.25) is 4.57 Å². The van der Waals surface area contributed by atoms with Gasteiger partial charge in [-0.15, -0.1) is 0 Å². The summed E-state index contributed by atoms with van der Waals surface area (Å²) < 4.78 is 9.19. The highest BCUT2D eigenvalue weighted by atomic mass is 16.3. The molecule has 8 aromatic carbocycles. The Labute approximate surface area is 337 Å². The molecule has 0 saturated carbocycles. The van der Waals surface area contributed by atoms with E-state index in [9.17, 15) is 0 Å². The van der Waals surface area contributed by atoms with Crippen molar-refractivity contribution in [1.29, 1.82) is 0 Å². The molecule has 0 N–H and O–H groups in total. The third kappa shape index (κ3) is 4.89. The van der Waals surface area contributed by atoms with E-state index in [4.69, 9.17) is 9.40 Å². The molecule has 0 aliphatic heterocycles. The molecule has 0 radical (unpaired) electrons. The van der Waals surface area contributed by atoms with Crippen molar-refractivity contribution in [2.75, 3.05) is 0 Å². The van der Waals surface area contributed by atoms with Gasteiger partial charge in [0.1, 0.15) is 17.0 Å². The molecule has 58 heavy (non-hydrogen) atoms. The number of nitrogens with zero attached hydrogens (tertiary/aromatic N) is 2. The summed E-state index contributed by atoms with van der Waals surface area (Å²) in [5.74, 6) is 1.13. The van der Waals surface area contributed by atoms with Gasteiger partial charge in [0, 0.05) is 38.9 Å². The maximum absolute atomic E-state index is 6.94. The zero-order valence-electron chi connectivity index (χ0n) is 32.5. The fourth-order valence-corrected chi connectivity index (χ4v) is 10.2. The molecule has 10 aromatic rings. The van der Waals surface area contributed by atoms with E-state index in [-0.39, 0.29) is 11.3 Å². The van der Waals surface area contributed by atoms with Gasteiger partial charge in [0.15, 0.2) is 0 Å². The molecule has 3 heteroatoms. The number of aromatic nitrogens is 2. The Morgan fingerprint density at radius 1 is 0.552 bits per heavy atom. The minimum atomic E-state index is -0.0200. The number of fused-ring (bicyclic) bond motifs is 10. The zero-order valence-corrected chi connectivity index (χ0v) is 32.5. The van der Waals surface area contributed by atoms with E-state index in [0.29, 0.717) is 0 Å². The molecule has 1 unspecified atom stereocenters. The number of hydrogen-bond acceptors (Lipinski definition) is 2. The fraction of sp³-hybridized carbons (Fsp3) is 0.109. The van der Waals surface area contributed by atoms with Gasteiger partial charge in [-0.1, -0.05) is 147 Å². The molecule has 3 nitrogen and oxygen atoms in total. The first-order valence-corrected chi connectivity index (χ1v) is 20.5. The summed E-state index contributed by atoms with van der Waals surface area (Å²) in [5, 5.41) is 2.32. The topological polar surface area (TPSA) is 31.0 Å². The van der Waals surface area contributed by atoms with Crippen molar-refractivity contribution in [2.24, 2.45) is 0 Å². The summed E-state index contributed by atoms with van der Waals surface area (Å²) in [6.45, 7) is 4.76. The van der Waals surface area contributed by atoms with Crippen LogP contribution in [0.15, 0.2) is 180 Å². The van der Waals surface area contributed by atoms with Gasteiger partial charge in [0.25, 0.3) is 0 Å². The largest absolute Gasteiger partial charge is 0.456 e. The lowest BCUT2D eigenvalue weighted by molar-refractivity contribution is 0.645. The Balaban J connectivity index is 0.921. The van der Waals surface area contributed by atoms with Crippen molar-refractivity contribution in [3.05, 3.63) is 204 Å². The number of para-hydroxylation sites is 4. The van der Waals surface area contributed by atoms with E-state index in [1.54, 1.807) is 0 Å². The SMILES string of the molecule is CC1(C)c2ccccc2-c2cc3c(cc21)CCC(c1cccc2c1oc1cc(-c4ccc(-c5nc6ccccc6n5-c5ccccc5)cc4)ccc12)c1ccccc1-3. The summed E-state index contributed by atoms with van der Waals surface area (Å²) in [7, 11) is 0. The maximum Gasteiger partial charge on any atom is 0.145 e. The van der Waals surface area contributed by atoms with Crippen molar-refractivity contribution in [2.45, 2.75) is 38.0 Å². The molecule has 2 aliphatic rings. The molecule has 2 heterocycles. The smallest absolute Gasteiger partial charge is 0.145 e. The number of aryl methyl sites for hydroxylation is 1. The lowest BCUT2D eigenvalue weighted by Crippen LogP contribution is -2.15. The Kier molecular flexibility index (Phi) is 7.16. The highest BCUT2D eigenvalue weighted by Crippen LogP contribution is 2.52. The molecule has 2 aliphatic carbocycles. The number of imidazole rings is 1. The van der Waals surface area contributed by atoms with E-state index in [0.717, 1.165) is 68.6 Å². The fourth-order valence-electron chi connectivity index (χ4n) is 10.2. The lowest BCUT2D eigenvalue weighted by Gasteiger charge is -2.22. The van der Waals surface area contributed by atoms with Crippen LogP contribution in [0.1, 0.15) is 54.0 Å². The second kappa shape index (κ2) is 12.5. The first-order chi connectivity index (χ1) is 28.5. The van der Waals surface area contributed by atoms with Crippen LogP contribution >= 0.6 is 0 Å². The van der Waals surface area contributed by atoms with E-state index in [1.807, 2.05) is 6.07 Å². The Hall–Kier alpha value is -6.97. The molecule has 0 spiro atoms. The van der Waals surface area contributed by atoms with Crippen molar-refractivity contribution >= 4 is 33.0 Å². The van der Waals surface area contributed by atoms with Crippen LogP contribution < -0.4 is 0 Å². The quantitative estimate of drug-likeness (QED) is 0.180. The van der Waals surface area contributed by atoms with Crippen molar-refractivity contribution in [3.8, 4) is 50.5 Å². The predicted molar refractivity (Wildman–Crippen MR) is 239 cm³/mol. The maximum atomic E-state index is 6.94. The Morgan fingerprint density at radius 3 is 2.16 bits per heavy atom. The molecule has 12 rings (SSSR count). The summed E-state index contributed by atoms with van der Waals surface area (Å²) >= 11 is 0. The first-order valence-electron chi connectivity index (χ1n) is 20.5. The normalized spacial score (nSPS) is 15.2. The van der Waals surface area contributed by atoms with Crippen LogP contribution in [-0.2, 0) is 11.8 Å². The molecule has 0 bridgehead atoms. The van der Waals surface area contributed by atoms with Gasteiger partial charge in [0.2, 0.25) is 0 Å². The van der Waals surface area contributed by atoms with E-state index < -0.39 is 0 Å². The average Bonchev–Trinajstić information content (AvgIpc) is 3.88. The van der Waals surface area contributed by atoms with Crippen LogP contribution in [0.5, 0.6) is 0 Å². The van der Waals surface area contributed by atoms with Crippen LogP contribution in [0, 0.1) is 0 Å². The van der Waals surface area contributed by atoms with Crippen LogP contribution in [0.3, 0.4) is 0 Å². The van der Waals surface area contributed by atoms with Gasteiger partial charge in [0.05, 0.1) is 11.0 Å². The van der Waals surface area contributed by atoms with Gasteiger partial charge in [-0.25, -0.2) is 4.98 Å². The number of furan rings is 1. The monoisotopic (exact) mass is 744 g/mol. The van der Waals surface area contributed by atoms with Crippen molar-refractivity contribution in [3.63, 3.8) is 0 Å². The Morgan fingerprint density at radius 2 is 1.28 bits per heavy atom. The summed E-state index contributed by atoms with van der Waals surface area (Å²) in [5.41, 5.74) is 20.8. The second-order valence-electron chi connectivity index (χ2n) is 16.6. The predicted octanol–water partition coefficient (Wildman–Crippen LogP) is 14.3.